The summed E-state index contributed by atoms with van der Waals surface area (Å²) < 4.78 is 5.56. The van der Waals surface area contributed by atoms with Gasteiger partial charge in [0.15, 0.2) is 0 Å². The van der Waals surface area contributed by atoms with E-state index in [2.05, 4.69) is 41.5 Å². The SMILES string of the molecule is CC(C)(C)COCC(C)(C)C.CC(C)O. The van der Waals surface area contributed by atoms with Gasteiger partial charge in [-0.1, -0.05) is 41.5 Å². The topological polar surface area (TPSA) is 29.5 Å². The van der Waals surface area contributed by atoms with Crippen molar-refractivity contribution in [3.63, 3.8) is 0 Å². The molecule has 0 aliphatic heterocycles. The molecule has 15 heavy (non-hydrogen) atoms. The minimum atomic E-state index is -0.167. The average molecular weight is 218 g/mol. The largest absolute Gasteiger partial charge is 0.394 e. The quantitative estimate of drug-likeness (QED) is 0.769. The molecule has 0 atom stereocenters. The van der Waals surface area contributed by atoms with Gasteiger partial charge in [0.25, 0.3) is 0 Å². The van der Waals surface area contributed by atoms with Crippen molar-refractivity contribution in [1.82, 2.24) is 0 Å². The molecule has 0 radical (unpaired) electrons. The average Bonchev–Trinajstić information content (AvgIpc) is 1.77. The van der Waals surface area contributed by atoms with Crippen molar-refractivity contribution < 1.29 is 9.84 Å². The third kappa shape index (κ3) is 31.5. The van der Waals surface area contributed by atoms with Gasteiger partial charge in [-0.2, -0.15) is 0 Å². The Balaban J connectivity index is 0. The van der Waals surface area contributed by atoms with Crippen LogP contribution in [0.2, 0.25) is 0 Å². The van der Waals surface area contributed by atoms with Crippen molar-refractivity contribution >= 4 is 0 Å². The third-order valence-electron chi connectivity index (χ3n) is 1.07. The summed E-state index contributed by atoms with van der Waals surface area (Å²) in [5, 5.41) is 8.06. The van der Waals surface area contributed by atoms with E-state index in [1.165, 1.54) is 0 Å². The Labute approximate surface area is 96.0 Å². The second-order valence-corrected chi connectivity index (χ2v) is 6.71. The number of rotatable bonds is 2. The summed E-state index contributed by atoms with van der Waals surface area (Å²) in [7, 11) is 0. The molecule has 2 heteroatoms. The Morgan fingerprint density at radius 3 is 1.20 bits per heavy atom. The molecule has 1 N–H and O–H groups in total. The summed E-state index contributed by atoms with van der Waals surface area (Å²) in [6, 6.07) is 0. The van der Waals surface area contributed by atoms with Crippen LogP contribution in [0.5, 0.6) is 0 Å². The molecule has 0 bridgehead atoms. The number of hydrogen-bond donors (Lipinski definition) is 1. The van der Waals surface area contributed by atoms with Gasteiger partial charge in [-0.25, -0.2) is 0 Å². The van der Waals surface area contributed by atoms with Crippen LogP contribution < -0.4 is 0 Å². The summed E-state index contributed by atoms with van der Waals surface area (Å²) >= 11 is 0. The molecular formula is C13H30O2. The van der Waals surface area contributed by atoms with E-state index in [4.69, 9.17) is 9.84 Å². The lowest BCUT2D eigenvalue weighted by atomic mass is 9.97. The van der Waals surface area contributed by atoms with E-state index in [1.54, 1.807) is 13.8 Å². The molecule has 94 valence electrons. The Hall–Kier alpha value is -0.0800. The molecule has 0 aromatic rings. The summed E-state index contributed by atoms with van der Waals surface area (Å²) in [4.78, 5) is 0. The van der Waals surface area contributed by atoms with E-state index in [9.17, 15) is 0 Å². The highest BCUT2D eigenvalue weighted by Gasteiger charge is 2.14. The molecule has 0 fully saturated rings. The monoisotopic (exact) mass is 218 g/mol. The van der Waals surface area contributed by atoms with Crippen molar-refractivity contribution in [2.75, 3.05) is 13.2 Å². The van der Waals surface area contributed by atoms with Crippen LogP contribution in [-0.4, -0.2) is 24.4 Å². The van der Waals surface area contributed by atoms with Gasteiger partial charge in [0.2, 0.25) is 0 Å². The molecule has 2 nitrogen and oxygen atoms in total. The molecule has 0 rings (SSSR count). The zero-order valence-corrected chi connectivity index (χ0v) is 11.8. The second-order valence-electron chi connectivity index (χ2n) is 6.71. The lowest BCUT2D eigenvalue weighted by Crippen LogP contribution is -2.21. The van der Waals surface area contributed by atoms with E-state index in [0.29, 0.717) is 10.8 Å². The van der Waals surface area contributed by atoms with Crippen LogP contribution in [0, 0.1) is 10.8 Å². The van der Waals surface area contributed by atoms with Crippen molar-refractivity contribution in [3.05, 3.63) is 0 Å². The second kappa shape index (κ2) is 7.24. The van der Waals surface area contributed by atoms with Crippen LogP contribution in [0.25, 0.3) is 0 Å². The first-order valence-electron chi connectivity index (χ1n) is 5.70. The lowest BCUT2D eigenvalue weighted by molar-refractivity contribution is 0.0275. The van der Waals surface area contributed by atoms with Crippen LogP contribution in [0.1, 0.15) is 55.4 Å². The van der Waals surface area contributed by atoms with Crippen LogP contribution in [-0.2, 0) is 4.74 Å². The number of hydrogen-bond acceptors (Lipinski definition) is 2. The van der Waals surface area contributed by atoms with E-state index >= 15 is 0 Å². The maximum absolute atomic E-state index is 8.06. The fourth-order valence-corrected chi connectivity index (χ4v) is 0.663. The van der Waals surface area contributed by atoms with E-state index in [-0.39, 0.29) is 6.10 Å². The van der Waals surface area contributed by atoms with E-state index in [0.717, 1.165) is 13.2 Å². The van der Waals surface area contributed by atoms with Crippen LogP contribution in [0.4, 0.5) is 0 Å². The molecule has 0 spiro atoms. The van der Waals surface area contributed by atoms with E-state index in [1.807, 2.05) is 0 Å². The van der Waals surface area contributed by atoms with Crippen molar-refractivity contribution in [2.24, 2.45) is 10.8 Å². The Morgan fingerprint density at radius 2 is 1.07 bits per heavy atom. The summed E-state index contributed by atoms with van der Waals surface area (Å²) in [5.41, 5.74) is 0.594. The number of aliphatic hydroxyl groups excluding tert-OH is 1. The Morgan fingerprint density at radius 1 is 0.867 bits per heavy atom. The molecule has 0 aliphatic carbocycles. The van der Waals surface area contributed by atoms with Crippen molar-refractivity contribution in [1.29, 1.82) is 0 Å². The van der Waals surface area contributed by atoms with Gasteiger partial charge in [0, 0.05) is 6.10 Å². The zero-order chi connectivity index (χ0) is 12.7. The molecule has 0 heterocycles. The molecule has 0 aromatic heterocycles. The minimum absolute atomic E-state index is 0.167. The van der Waals surface area contributed by atoms with Gasteiger partial charge in [-0.3, -0.25) is 0 Å². The maximum atomic E-state index is 8.06. The fourth-order valence-electron chi connectivity index (χ4n) is 0.663. The predicted molar refractivity (Wildman–Crippen MR) is 67.1 cm³/mol. The smallest absolute Gasteiger partial charge is 0.0514 e. The Bertz CT molecular complexity index is 121. The standard InChI is InChI=1S/C10H22O.C3H8O/c1-9(2,3)7-11-8-10(4,5)6;1-3(2)4/h7-8H2,1-6H3;3-4H,1-2H3. The Kier molecular flexibility index (Phi) is 8.35. The van der Waals surface area contributed by atoms with E-state index < -0.39 is 0 Å². The first-order valence-corrected chi connectivity index (χ1v) is 5.70. The van der Waals surface area contributed by atoms with Gasteiger partial charge >= 0.3 is 0 Å². The van der Waals surface area contributed by atoms with Crippen LogP contribution in [0.15, 0.2) is 0 Å². The summed E-state index contributed by atoms with van der Waals surface area (Å²) in [6.07, 6.45) is -0.167. The van der Waals surface area contributed by atoms with Gasteiger partial charge in [0.05, 0.1) is 13.2 Å². The summed E-state index contributed by atoms with van der Waals surface area (Å²) in [5.74, 6) is 0. The normalized spacial score (nSPS) is 12.4. The van der Waals surface area contributed by atoms with Crippen molar-refractivity contribution in [2.45, 2.75) is 61.5 Å². The number of ether oxygens (including phenoxy) is 1. The molecule has 0 aliphatic rings. The van der Waals surface area contributed by atoms with Gasteiger partial charge in [-0.15, -0.1) is 0 Å². The predicted octanol–water partition coefficient (Wildman–Crippen LogP) is 3.48. The van der Waals surface area contributed by atoms with Gasteiger partial charge in [0.1, 0.15) is 0 Å². The van der Waals surface area contributed by atoms with Crippen molar-refractivity contribution in [3.8, 4) is 0 Å². The minimum Gasteiger partial charge on any atom is -0.394 e. The highest BCUT2D eigenvalue weighted by molar-refractivity contribution is 4.63. The fraction of sp³-hybridized carbons (Fsp3) is 1.00. The molecule has 0 unspecified atom stereocenters. The lowest BCUT2D eigenvalue weighted by Gasteiger charge is -2.23. The molecule has 0 aromatic carbocycles. The first-order chi connectivity index (χ1) is 6.44. The molecule has 0 saturated heterocycles. The zero-order valence-electron chi connectivity index (χ0n) is 11.8. The highest BCUT2D eigenvalue weighted by atomic mass is 16.5. The summed E-state index contributed by atoms with van der Waals surface area (Å²) in [6.45, 7) is 18.3. The highest BCUT2D eigenvalue weighted by Crippen LogP contribution is 2.17. The van der Waals surface area contributed by atoms with Crippen LogP contribution in [0.3, 0.4) is 0 Å². The maximum Gasteiger partial charge on any atom is 0.0514 e. The van der Waals surface area contributed by atoms with Gasteiger partial charge < -0.3 is 9.84 Å². The van der Waals surface area contributed by atoms with Crippen LogP contribution >= 0.6 is 0 Å². The molecule has 0 amide bonds. The first kappa shape index (κ1) is 17.3. The molecule has 0 saturated carbocycles. The molecular weight excluding hydrogens is 188 g/mol. The van der Waals surface area contributed by atoms with Gasteiger partial charge in [-0.05, 0) is 24.7 Å². The number of aliphatic hydroxyl groups is 1. The third-order valence-corrected chi connectivity index (χ3v) is 1.07.